The van der Waals surface area contributed by atoms with E-state index >= 15 is 0 Å². The molecule has 1 heterocycles. The van der Waals surface area contributed by atoms with Crippen LogP contribution in [0.25, 0.3) is 0 Å². The van der Waals surface area contributed by atoms with Crippen LogP contribution in [0.5, 0.6) is 5.75 Å². The van der Waals surface area contributed by atoms with Gasteiger partial charge in [-0.1, -0.05) is 18.2 Å². The Morgan fingerprint density at radius 2 is 1.84 bits per heavy atom. The minimum atomic E-state index is -0.393. The van der Waals surface area contributed by atoms with Crippen molar-refractivity contribution in [2.24, 2.45) is 0 Å². The third-order valence-electron chi connectivity index (χ3n) is 5.26. The van der Waals surface area contributed by atoms with Gasteiger partial charge in [-0.3, -0.25) is 9.59 Å². The first-order valence-corrected chi connectivity index (χ1v) is 10.2. The van der Waals surface area contributed by atoms with Crippen molar-refractivity contribution in [1.29, 1.82) is 0 Å². The van der Waals surface area contributed by atoms with Crippen molar-refractivity contribution in [3.63, 3.8) is 0 Å². The van der Waals surface area contributed by atoms with E-state index < -0.39 is 5.82 Å². The fourth-order valence-corrected chi connectivity index (χ4v) is 3.72. The lowest BCUT2D eigenvalue weighted by Gasteiger charge is -2.31. The summed E-state index contributed by atoms with van der Waals surface area (Å²) in [6, 6.07) is 18.5. The zero-order valence-corrected chi connectivity index (χ0v) is 17.2. The molecule has 0 unspecified atom stereocenters. The van der Waals surface area contributed by atoms with E-state index in [0.717, 1.165) is 29.7 Å². The van der Waals surface area contributed by atoms with Crippen molar-refractivity contribution in [1.82, 2.24) is 0 Å². The zero-order chi connectivity index (χ0) is 21.8. The summed E-state index contributed by atoms with van der Waals surface area (Å²) in [6.07, 6.45) is 1.53. The number of hydrogen-bond donors (Lipinski definition) is 1. The molecule has 3 aromatic rings. The molecule has 5 nitrogen and oxygen atoms in total. The van der Waals surface area contributed by atoms with E-state index in [2.05, 4.69) is 5.32 Å². The Morgan fingerprint density at radius 3 is 2.61 bits per heavy atom. The number of nitrogens with one attached hydrogen (secondary N) is 1. The average molecular weight is 418 g/mol. The average Bonchev–Trinajstić information content (AvgIpc) is 2.78. The molecule has 6 heteroatoms. The lowest BCUT2D eigenvalue weighted by atomic mass is 9.99. The highest BCUT2D eigenvalue weighted by atomic mass is 19.1. The summed E-state index contributed by atoms with van der Waals surface area (Å²) in [4.78, 5) is 27.2. The number of rotatable bonds is 5. The quantitative estimate of drug-likeness (QED) is 0.651. The van der Waals surface area contributed by atoms with Gasteiger partial charge in [0.05, 0.1) is 0 Å². The summed E-state index contributed by atoms with van der Waals surface area (Å²) in [6.45, 7) is 2.50. The van der Waals surface area contributed by atoms with E-state index in [0.29, 0.717) is 23.5 Å². The van der Waals surface area contributed by atoms with Gasteiger partial charge in [0.2, 0.25) is 0 Å². The maximum atomic E-state index is 13.1. The topological polar surface area (TPSA) is 58.6 Å². The highest BCUT2D eigenvalue weighted by molar-refractivity contribution is 6.05. The summed E-state index contributed by atoms with van der Waals surface area (Å²) >= 11 is 0. The van der Waals surface area contributed by atoms with E-state index in [1.807, 2.05) is 49.4 Å². The van der Waals surface area contributed by atoms with Gasteiger partial charge in [-0.25, -0.2) is 4.39 Å². The molecule has 1 aliphatic rings. The number of hydrogen-bond acceptors (Lipinski definition) is 3. The molecule has 0 atom stereocenters. The second-order valence-corrected chi connectivity index (χ2v) is 7.52. The molecule has 0 aromatic heterocycles. The van der Waals surface area contributed by atoms with E-state index in [1.165, 1.54) is 24.3 Å². The number of ether oxygens (including phenoxy) is 1. The molecule has 0 fully saturated rings. The molecular weight excluding hydrogens is 395 g/mol. The fourth-order valence-electron chi connectivity index (χ4n) is 3.72. The number of amides is 2. The third kappa shape index (κ3) is 4.74. The molecule has 158 valence electrons. The Bertz CT molecular complexity index is 1110. The SMILES string of the molecule is Cc1cccc(OCC(=O)N2CCCc3c(NC(=O)c4ccc(F)cc4)cccc32)c1. The van der Waals surface area contributed by atoms with Gasteiger partial charge >= 0.3 is 0 Å². The van der Waals surface area contributed by atoms with Crippen LogP contribution in [0.15, 0.2) is 66.7 Å². The monoisotopic (exact) mass is 418 g/mol. The maximum absolute atomic E-state index is 13.1. The minimum Gasteiger partial charge on any atom is -0.484 e. The summed E-state index contributed by atoms with van der Waals surface area (Å²) in [7, 11) is 0. The first-order valence-electron chi connectivity index (χ1n) is 10.2. The van der Waals surface area contributed by atoms with Crippen molar-refractivity contribution in [3.8, 4) is 5.75 Å². The molecule has 0 saturated heterocycles. The molecule has 0 bridgehead atoms. The van der Waals surface area contributed by atoms with Gasteiger partial charge in [-0.05, 0) is 79.4 Å². The smallest absolute Gasteiger partial charge is 0.264 e. The van der Waals surface area contributed by atoms with Crippen molar-refractivity contribution < 1.29 is 18.7 Å². The largest absolute Gasteiger partial charge is 0.484 e. The van der Waals surface area contributed by atoms with Crippen molar-refractivity contribution in [2.45, 2.75) is 19.8 Å². The van der Waals surface area contributed by atoms with Crippen LogP contribution in [-0.4, -0.2) is 25.0 Å². The molecule has 0 spiro atoms. The number of fused-ring (bicyclic) bond motifs is 1. The van der Waals surface area contributed by atoms with Gasteiger partial charge in [0.15, 0.2) is 6.61 Å². The molecule has 1 aliphatic heterocycles. The highest BCUT2D eigenvalue weighted by Crippen LogP contribution is 2.33. The number of carbonyl (C=O) groups is 2. The Kier molecular flexibility index (Phi) is 5.98. The highest BCUT2D eigenvalue weighted by Gasteiger charge is 2.25. The Balaban J connectivity index is 1.50. The van der Waals surface area contributed by atoms with E-state index in [9.17, 15) is 14.0 Å². The summed E-state index contributed by atoms with van der Waals surface area (Å²) in [5.41, 5.74) is 3.78. The molecule has 0 aliphatic carbocycles. The van der Waals surface area contributed by atoms with Crippen molar-refractivity contribution >= 4 is 23.2 Å². The summed E-state index contributed by atoms with van der Waals surface area (Å²) in [5.74, 6) is -0.189. The van der Waals surface area contributed by atoms with Crippen LogP contribution in [0.4, 0.5) is 15.8 Å². The first-order chi connectivity index (χ1) is 15.0. The van der Waals surface area contributed by atoms with Crippen LogP contribution in [0.3, 0.4) is 0 Å². The van der Waals surface area contributed by atoms with Crippen LogP contribution in [0, 0.1) is 12.7 Å². The van der Waals surface area contributed by atoms with Gasteiger partial charge < -0.3 is 15.0 Å². The van der Waals surface area contributed by atoms with Crippen LogP contribution >= 0.6 is 0 Å². The fraction of sp³-hybridized carbons (Fsp3) is 0.200. The molecule has 3 aromatic carbocycles. The number of benzene rings is 3. The normalized spacial score (nSPS) is 12.8. The van der Waals surface area contributed by atoms with Crippen molar-refractivity contribution in [3.05, 3.63) is 89.2 Å². The van der Waals surface area contributed by atoms with Crippen LogP contribution in [0.1, 0.15) is 27.9 Å². The Hall–Kier alpha value is -3.67. The number of nitrogens with zero attached hydrogens (tertiary/aromatic N) is 1. The molecular formula is C25H23FN2O3. The molecule has 0 saturated carbocycles. The van der Waals surface area contributed by atoms with E-state index in [1.54, 1.807) is 4.90 Å². The molecule has 1 N–H and O–H groups in total. The zero-order valence-electron chi connectivity index (χ0n) is 17.2. The summed E-state index contributed by atoms with van der Waals surface area (Å²) < 4.78 is 18.8. The van der Waals surface area contributed by atoms with Crippen molar-refractivity contribution in [2.75, 3.05) is 23.4 Å². The molecule has 0 radical (unpaired) electrons. The second-order valence-electron chi connectivity index (χ2n) is 7.52. The van der Waals surface area contributed by atoms with Gasteiger partial charge in [-0.2, -0.15) is 0 Å². The maximum Gasteiger partial charge on any atom is 0.264 e. The number of aryl methyl sites for hydroxylation is 1. The lowest BCUT2D eigenvalue weighted by Crippen LogP contribution is -2.39. The molecule has 31 heavy (non-hydrogen) atoms. The Morgan fingerprint density at radius 1 is 1.06 bits per heavy atom. The minimum absolute atomic E-state index is 0.0605. The van der Waals surface area contributed by atoms with Gasteiger partial charge in [-0.15, -0.1) is 0 Å². The van der Waals surface area contributed by atoms with Crippen LogP contribution in [-0.2, 0) is 11.2 Å². The first kappa shape index (κ1) is 20.6. The van der Waals surface area contributed by atoms with Gasteiger partial charge in [0, 0.05) is 23.5 Å². The van der Waals surface area contributed by atoms with Crippen LogP contribution < -0.4 is 15.0 Å². The standard InChI is InChI=1S/C25H23FN2O3/c1-17-5-2-6-20(15-17)31-16-24(29)28-14-4-7-21-22(8-3-9-23(21)28)27-25(30)18-10-12-19(26)13-11-18/h2-3,5-6,8-13,15H,4,7,14,16H2,1H3,(H,27,30). The number of carbonyl (C=O) groups excluding carboxylic acids is 2. The number of anilines is 2. The summed E-state index contributed by atoms with van der Waals surface area (Å²) in [5, 5.41) is 2.90. The third-order valence-corrected chi connectivity index (χ3v) is 5.26. The van der Waals surface area contributed by atoms with Gasteiger partial charge in [0.1, 0.15) is 11.6 Å². The molecule has 2 amide bonds. The van der Waals surface area contributed by atoms with Crippen LogP contribution in [0.2, 0.25) is 0 Å². The van der Waals surface area contributed by atoms with Gasteiger partial charge in [0.25, 0.3) is 11.8 Å². The Labute approximate surface area is 180 Å². The predicted octanol–water partition coefficient (Wildman–Crippen LogP) is 4.74. The lowest BCUT2D eigenvalue weighted by molar-refractivity contribution is -0.120. The van der Waals surface area contributed by atoms with E-state index in [-0.39, 0.29) is 18.4 Å². The van der Waals surface area contributed by atoms with E-state index in [4.69, 9.17) is 4.74 Å². The molecule has 4 rings (SSSR count). The number of halogens is 1. The predicted molar refractivity (Wildman–Crippen MR) is 118 cm³/mol. The second kappa shape index (κ2) is 9.00.